The molecule has 1 saturated heterocycles. The summed E-state index contributed by atoms with van der Waals surface area (Å²) in [6.07, 6.45) is 3.20. The second kappa shape index (κ2) is 6.82. The van der Waals surface area contributed by atoms with Crippen LogP contribution >= 0.6 is 0 Å². The van der Waals surface area contributed by atoms with Crippen LogP contribution in [0.25, 0.3) is 5.65 Å². The molecular formula is C19H22N4O2. The van der Waals surface area contributed by atoms with Crippen molar-refractivity contribution < 1.29 is 5.11 Å². The maximum absolute atomic E-state index is 12.0. The van der Waals surface area contributed by atoms with E-state index in [1.54, 1.807) is 18.3 Å². The lowest BCUT2D eigenvalue weighted by Gasteiger charge is -2.34. The topological polar surface area (TPSA) is 73.6 Å². The summed E-state index contributed by atoms with van der Waals surface area (Å²) in [7, 11) is 0. The summed E-state index contributed by atoms with van der Waals surface area (Å²) in [5, 5.41) is 13.4. The Morgan fingerprint density at radius 1 is 1.20 bits per heavy atom. The maximum atomic E-state index is 12.0. The molecule has 0 saturated carbocycles. The van der Waals surface area contributed by atoms with Gasteiger partial charge in [-0.1, -0.05) is 30.3 Å². The zero-order valence-electron chi connectivity index (χ0n) is 14.0. The van der Waals surface area contributed by atoms with Gasteiger partial charge >= 0.3 is 0 Å². The SMILES string of the molecule is O=c1cc(CN2CCC(C(O)c3ccccc3)CC2)nc2cc[nH]n12. The molecule has 3 aromatic rings. The number of fused-ring (bicyclic) bond motifs is 1. The number of nitrogens with one attached hydrogen (secondary N) is 1. The highest BCUT2D eigenvalue weighted by Gasteiger charge is 2.26. The highest BCUT2D eigenvalue weighted by atomic mass is 16.3. The summed E-state index contributed by atoms with van der Waals surface area (Å²) >= 11 is 0. The van der Waals surface area contributed by atoms with E-state index in [1.807, 2.05) is 30.3 Å². The van der Waals surface area contributed by atoms with Crippen molar-refractivity contribution in [2.24, 2.45) is 5.92 Å². The van der Waals surface area contributed by atoms with Crippen molar-refractivity contribution in [2.45, 2.75) is 25.5 Å². The quantitative estimate of drug-likeness (QED) is 0.763. The van der Waals surface area contributed by atoms with Crippen LogP contribution in [0.3, 0.4) is 0 Å². The van der Waals surface area contributed by atoms with Crippen LogP contribution in [0.4, 0.5) is 0 Å². The molecule has 6 nitrogen and oxygen atoms in total. The Hall–Kier alpha value is -2.44. The number of likely N-dealkylation sites (tertiary alicyclic amines) is 1. The van der Waals surface area contributed by atoms with Gasteiger partial charge in [0.15, 0.2) is 5.65 Å². The van der Waals surface area contributed by atoms with Gasteiger partial charge < -0.3 is 5.11 Å². The van der Waals surface area contributed by atoms with E-state index in [4.69, 9.17) is 0 Å². The number of rotatable bonds is 4. The number of hydrogen-bond acceptors (Lipinski definition) is 4. The molecule has 1 atom stereocenters. The van der Waals surface area contributed by atoms with Crippen molar-refractivity contribution in [1.82, 2.24) is 19.5 Å². The largest absolute Gasteiger partial charge is 0.388 e. The Bertz CT molecular complexity index is 894. The Kier molecular flexibility index (Phi) is 4.38. The number of aromatic amines is 1. The molecule has 1 aromatic carbocycles. The van der Waals surface area contributed by atoms with Crippen LogP contribution < -0.4 is 5.56 Å². The normalized spacial score (nSPS) is 17.8. The lowest BCUT2D eigenvalue weighted by atomic mass is 9.87. The van der Waals surface area contributed by atoms with E-state index in [-0.39, 0.29) is 11.5 Å². The number of piperidine rings is 1. The summed E-state index contributed by atoms with van der Waals surface area (Å²) < 4.78 is 1.44. The second-order valence-corrected chi connectivity index (χ2v) is 6.71. The molecule has 1 fully saturated rings. The summed E-state index contributed by atoms with van der Waals surface area (Å²) in [6, 6.07) is 13.3. The molecule has 0 bridgehead atoms. The third-order valence-electron chi connectivity index (χ3n) is 5.04. The van der Waals surface area contributed by atoms with Crippen molar-refractivity contribution >= 4 is 5.65 Å². The van der Waals surface area contributed by atoms with E-state index in [0.29, 0.717) is 12.2 Å². The average molecular weight is 338 g/mol. The predicted molar refractivity (Wildman–Crippen MR) is 95.2 cm³/mol. The lowest BCUT2D eigenvalue weighted by molar-refractivity contribution is 0.0564. The van der Waals surface area contributed by atoms with Crippen molar-refractivity contribution in [2.75, 3.05) is 13.1 Å². The van der Waals surface area contributed by atoms with Gasteiger partial charge in [-0.05, 0) is 37.4 Å². The zero-order chi connectivity index (χ0) is 17.2. The molecule has 0 spiro atoms. The first kappa shape index (κ1) is 16.1. The third-order valence-corrected chi connectivity index (χ3v) is 5.04. The van der Waals surface area contributed by atoms with Gasteiger partial charge in [0.2, 0.25) is 0 Å². The predicted octanol–water partition coefficient (Wildman–Crippen LogP) is 1.97. The van der Waals surface area contributed by atoms with Gasteiger partial charge in [0, 0.05) is 24.9 Å². The van der Waals surface area contributed by atoms with E-state index < -0.39 is 6.10 Å². The number of nitrogens with zero attached hydrogens (tertiary/aromatic N) is 3. The highest BCUT2D eigenvalue weighted by Crippen LogP contribution is 2.30. The van der Waals surface area contributed by atoms with Crippen LogP contribution in [0.15, 0.2) is 53.5 Å². The number of H-pyrrole nitrogens is 1. The fourth-order valence-electron chi connectivity index (χ4n) is 3.64. The first-order valence-corrected chi connectivity index (χ1v) is 8.72. The van der Waals surface area contributed by atoms with Gasteiger partial charge in [0.1, 0.15) is 0 Å². The van der Waals surface area contributed by atoms with Crippen LogP contribution in [-0.2, 0) is 6.54 Å². The van der Waals surface area contributed by atoms with Crippen LogP contribution in [0.5, 0.6) is 0 Å². The van der Waals surface area contributed by atoms with Crippen LogP contribution in [0.1, 0.15) is 30.2 Å². The van der Waals surface area contributed by atoms with Crippen LogP contribution in [-0.4, -0.2) is 37.7 Å². The van der Waals surface area contributed by atoms with Crippen molar-refractivity contribution in [3.05, 3.63) is 70.3 Å². The van der Waals surface area contributed by atoms with Crippen LogP contribution in [0, 0.1) is 5.92 Å². The summed E-state index contributed by atoms with van der Waals surface area (Å²) in [6.45, 7) is 2.48. The van der Waals surface area contributed by atoms with E-state index >= 15 is 0 Å². The van der Waals surface area contributed by atoms with Gasteiger partial charge in [0.25, 0.3) is 5.56 Å². The molecule has 0 amide bonds. The minimum Gasteiger partial charge on any atom is -0.388 e. The minimum absolute atomic E-state index is 0.0839. The molecule has 2 aromatic heterocycles. The molecule has 1 aliphatic rings. The Labute approximate surface area is 145 Å². The zero-order valence-corrected chi connectivity index (χ0v) is 14.0. The summed E-state index contributed by atoms with van der Waals surface area (Å²) in [4.78, 5) is 18.9. The molecule has 6 heteroatoms. The number of benzene rings is 1. The molecule has 1 unspecified atom stereocenters. The fourth-order valence-corrected chi connectivity index (χ4v) is 3.64. The van der Waals surface area contributed by atoms with E-state index in [2.05, 4.69) is 15.0 Å². The highest BCUT2D eigenvalue weighted by molar-refractivity contribution is 5.36. The number of aromatic nitrogens is 3. The van der Waals surface area contributed by atoms with Gasteiger partial charge in [-0.2, -0.15) is 0 Å². The van der Waals surface area contributed by atoms with Crippen LogP contribution in [0.2, 0.25) is 0 Å². The molecule has 25 heavy (non-hydrogen) atoms. The van der Waals surface area contributed by atoms with E-state index in [9.17, 15) is 9.90 Å². The molecule has 4 rings (SSSR count). The summed E-state index contributed by atoms with van der Waals surface area (Å²) in [5.74, 6) is 0.282. The lowest BCUT2D eigenvalue weighted by Crippen LogP contribution is -2.35. The smallest absolute Gasteiger partial charge is 0.272 e. The van der Waals surface area contributed by atoms with Crippen molar-refractivity contribution in [3.8, 4) is 0 Å². The Balaban J connectivity index is 1.39. The number of aliphatic hydroxyl groups is 1. The molecule has 130 valence electrons. The monoisotopic (exact) mass is 338 g/mol. The first-order chi connectivity index (χ1) is 12.2. The standard InChI is InChI=1S/C19H22N4O2/c24-18-12-16(21-17-6-9-20-23(17)18)13-22-10-7-15(8-11-22)19(25)14-4-2-1-3-5-14/h1-6,9,12,15,19-20,25H,7-8,10-11,13H2. The Morgan fingerprint density at radius 3 is 2.72 bits per heavy atom. The first-order valence-electron chi connectivity index (χ1n) is 8.72. The molecule has 3 heterocycles. The van der Waals surface area contributed by atoms with E-state index in [0.717, 1.165) is 37.2 Å². The number of hydrogen-bond donors (Lipinski definition) is 2. The van der Waals surface area contributed by atoms with Crippen molar-refractivity contribution in [1.29, 1.82) is 0 Å². The number of aliphatic hydroxyl groups excluding tert-OH is 1. The van der Waals surface area contributed by atoms with Gasteiger partial charge in [-0.3, -0.25) is 14.8 Å². The molecule has 2 N–H and O–H groups in total. The summed E-state index contributed by atoms with van der Waals surface area (Å²) in [5.41, 5.74) is 2.36. The van der Waals surface area contributed by atoms with Gasteiger partial charge in [0.05, 0.1) is 11.8 Å². The Morgan fingerprint density at radius 2 is 1.96 bits per heavy atom. The molecular weight excluding hydrogens is 316 g/mol. The molecule has 0 radical (unpaired) electrons. The minimum atomic E-state index is -0.401. The van der Waals surface area contributed by atoms with E-state index in [1.165, 1.54) is 4.52 Å². The fraction of sp³-hybridized carbons (Fsp3) is 0.368. The maximum Gasteiger partial charge on any atom is 0.272 e. The van der Waals surface area contributed by atoms with Gasteiger partial charge in [-0.25, -0.2) is 9.50 Å². The third kappa shape index (κ3) is 3.36. The molecule has 0 aliphatic carbocycles. The average Bonchev–Trinajstić information content (AvgIpc) is 3.12. The second-order valence-electron chi connectivity index (χ2n) is 6.71. The molecule has 1 aliphatic heterocycles. The van der Waals surface area contributed by atoms with Gasteiger partial charge in [-0.15, -0.1) is 0 Å². The van der Waals surface area contributed by atoms with Crippen molar-refractivity contribution in [3.63, 3.8) is 0 Å².